The van der Waals surface area contributed by atoms with Crippen LogP contribution in [0.25, 0.3) is 0 Å². The zero-order valence-corrected chi connectivity index (χ0v) is 9.21. The molecular weight excluding hydrogens is 254 g/mol. The summed E-state index contributed by atoms with van der Waals surface area (Å²) in [5, 5.41) is 17.5. The smallest absolute Gasteiger partial charge is 0.307 e. The van der Waals surface area contributed by atoms with Crippen LogP contribution in [0, 0.1) is 11.3 Å². The summed E-state index contributed by atoms with van der Waals surface area (Å²) in [4.78, 5) is 14.2. The summed E-state index contributed by atoms with van der Waals surface area (Å²) in [5.74, 6) is -1.44. The molecule has 0 aromatic carbocycles. The van der Waals surface area contributed by atoms with Gasteiger partial charge in [0.15, 0.2) is 0 Å². The second-order valence-electron chi connectivity index (χ2n) is 3.13. The average molecular weight is 261 g/mol. The molecule has 0 fully saturated rings. The maximum Gasteiger partial charge on any atom is 0.307 e. The van der Waals surface area contributed by atoms with Gasteiger partial charge in [0.2, 0.25) is 0 Å². The number of aliphatic carboxylic acids is 1. The van der Waals surface area contributed by atoms with Gasteiger partial charge in [0.1, 0.15) is 6.07 Å². The number of carbonyl (C=O) groups is 1. The third kappa shape index (κ3) is 2.88. The molecule has 1 N–H and O–H groups in total. The van der Waals surface area contributed by atoms with Gasteiger partial charge in [-0.25, -0.2) is 8.78 Å². The summed E-state index contributed by atoms with van der Waals surface area (Å²) in [5.41, 5.74) is -0.839. The van der Waals surface area contributed by atoms with Crippen LogP contribution in [0.5, 0.6) is 0 Å². The number of hydrogen-bond acceptors (Lipinski definition) is 3. The van der Waals surface area contributed by atoms with Crippen molar-refractivity contribution in [2.75, 3.05) is 0 Å². The molecule has 1 aromatic heterocycles. The number of hydrogen-bond donors (Lipinski definition) is 1. The topological polar surface area (TPSA) is 74.0 Å². The first-order valence-electron chi connectivity index (χ1n) is 4.47. The number of carboxylic acid groups (broad SMARTS) is 1. The Morgan fingerprint density at radius 1 is 1.65 bits per heavy atom. The fourth-order valence-electron chi connectivity index (χ4n) is 1.37. The predicted octanol–water partition coefficient (Wildman–Crippen LogP) is 2.26. The number of rotatable bonds is 4. The first-order chi connectivity index (χ1) is 8.01. The van der Waals surface area contributed by atoms with Gasteiger partial charge in [-0.3, -0.25) is 9.78 Å². The van der Waals surface area contributed by atoms with Crippen molar-refractivity contribution in [3.8, 4) is 6.07 Å². The van der Waals surface area contributed by atoms with Crippen LogP contribution in [0.1, 0.15) is 28.8 Å². The van der Waals surface area contributed by atoms with E-state index in [1.54, 1.807) is 6.07 Å². The van der Waals surface area contributed by atoms with E-state index in [2.05, 4.69) is 4.98 Å². The number of nitrogens with zero attached hydrogens (tertiary/aromatic N) is 2. The lowest BCUT2D eigenvalue weighted by atomic mass is 9.99. The molecule has 0 radical (unpaired) electrons. The molecule has 7 heteroatoms. The quantitative estimate of drug-likeness (QED) is 0.843. The fourth-order valence-corrected chi connectivity index (χ4v) is 1.57. The molecule has 0 saturated heterocycles. The molecule has 1 aromatic rings. The maximum absolute atomic E-state index is 12.7. The third-order valence-corrected chi connectivity index (χ3v) is 2.35. The minimum Gasteiger partial charge on any atom is -0.481 e. The molecule has 0 aliphatic heterocycles. The van der Waals surface area contributed by atoms with Gasteiger partial charge in [0, 0.05) is 11.8 Å². The van der Waals surface area contributed by atoms with E-state index >= 15 is 0 Å². The Balaban J connectivity index is 3.45. The summed E-state index contributed by atoms with van der Waals surface area (Å²) in [6.07, 6.45) is -2.68. The molecule has 4 nitrogen and oxygen atoms in total. The van der Waals surface area contributed by atoms with Gasteiger partial charge in [-0.15, -0.1) is 11.6 Å². The van der Waals surface area contributed by atoms with Crippen LogP contribution in [0.15, 0.2) is 6.20 Å². The number of alkyl halides is 3. The van der Waals surface area contributed by atoms with Crippen molar-refractivity contribution in [2.24, 2.45) is 0 Å². The number of nitriles is 1. The number of halogens is 3. The predicted molar refractivity (Wildman–Crippen MR) is 54.8 cm³/mol. The highest BCUT2D eigenvalue weighted by Crippen LogP contribution is 2.27. The number of aromatic nitrogens is 1. The van der Waals surface area contributed by atoms with Gasteiger partial charge in [0.25, 0.3) is 6.43 Å². The molecule has 90 valence electrons. The van der Waals surface area contributed by atoms with Gasteiger partial charge >= 0.3 is 5.97 Å². The molecule has 0 bridgehead atoms. The Morgan fingerprint density at radius 2 is 2.29 bits per heavy atom. The van der Waals surface area contributed by atoms with E-state index < -0.39 is 24.4 Å². The molecule has 17 heavy (non-hydrogen) atoms. The molecule has 0 aliphatic rings. The Bertz CT molecular complexity index is 486. The van der Waals surface area contributed by atoms with Crippen LogP contribution < -0.4 is 0 Å². The lowest BCUT2D eigenvalue weighted by Gasteiger charge is -2.10. The molecule has 0 spiro atoms. The number of pyridine rings is 1. The van der Waals surface area contributed by atoms with Gasteiger partial charge in [-0.1, -0.05) is 0 Å². The Kier molecular flexibility index (Phi) is 4.35. The van der Waals surface area contributed by atoms with Crippen LogP contribution in [-0.2, 0) is 17.1 Å². The van der Waals surface area contributed by atoms with Crippen LogP contribution in [-0.4, -0.2) is 16.1 Å². The SMILES string of the molecule is N#Cc1c(CCl)ncc(C(F)F)c1CC(=O)O. The van der Waals surface area contributed by atoms with E-state index in [4.69, 9.17) is 22.0 Å². The largest absolute Gasteiger partial charge is 0.481 e. The summed E-state index contributed by atoms with van der Waals surface area (Å²) >= 11 is 5.50. The van der Waals surface area contributed by atoms with Crippen LogP contribution in [0.3, 0.4) is 0 Å². The van der Waals surface area contributed by atoms with Crippen molar-refractivity contribution in [3.63, 3.8) is 0 Å². The summed E-state index contributed by atoms with van der Waals surface area (Å²) in [6.45, 7) is 0. The highest BCUT2D eigenvalue weighted by Gasteiger charge is 2.21. The summed E-state index contributed by atoms with van der Waals surface area (Å²) in [6, 6.07) is 1.67. The first kappa shape index (κ1) is 13.3. The van der Waals surface area contributed by atoms with Gasteiger partial charge in [-0.05, 0) is 5.56 Å². The number of carboxylic acids is 1. The minimum absolute atomic E-state index is 0.106. The molecule has 0 atom stereocenters. The zero-order chi connectivity index (χ0) is 13.0. The molecule has 0 amide bonds. The minimum atomic E-state index is -2.88. The lowest BCUT2D eigenvalue weighted by molar-refractivity contribution is -0.136. The van der Waals surface area contributed by atoms with Gasteiger partial charge < -0.3 is 5.11 Å². The van der Waals surface area contributed by atoms with E-state index in [1.807, 2.05) is 0 Å². The second-order valence-corrected chi connectivity index (χ2v) is 3.40. The normalized spacial score (nSPS) is 10.3. The molecular formula is C10H7ClF2N2O2. The third-order valence-electron chi connectivity index (χ3n) is 2.10. The molecule has 0 unspecified atom stereocenters. The van der Waals surface area contributed by atoms with E-state index in [1.165, 1.54) is 0 Å². The zero-order valence-electron chi connectivity index (χ0n) is 8.45. The summed E-state index contributed by atoms with van der Waals surface area (Å²) < 4.78 is 25.3. The van der Waals surface area contributed by atoms with Crippen LogP contribution in [0.4, 0.5) is 8.78 Å². The molecule has 1 heterocycles. The average Bonchev–Trinajstić information content (AvgIpc) is 2.27. The van der Waals surface area contributed by atoms with Crippen molar-refractivity contribution in [3.05, 3.63) is 28.6 Å². The maximum atomic E-state index is 12.7. The Labute approximate surface area is 100 Å². The van der Waals surface area contributed by atoms with Crippen molar-refractivity contribution < 1.29 is 18.7 Å². The van der Waals surface area contributed by atoms with Gasteiger partial charge in [0.05, 0.1) is 23.6 Å². The lowest BCUT2D eigenvalue weighted by Crippen LogP contribution is -2.09. The van der Waals surface area contributed by atoms with Crippen molar-refractivity contribution in [1.82, 2.24) is 4.98 Å². The van der Waals surface area contributed by atoms with E-state index in [9.17, 15) is 13.6 Å². The second kappa shape index (κ2) is 5.55. The monoisotopic (exact) mass is 260 g/mol. The highest BCUT2D eigenvalue weighted by molar-refractivity contribution is 6.17. The fraction of sp³-hybridized carbons (Fsp3) is 0.300. The standard InChI is InChI=1S/C10H7ClF2N2O2/c11-2-8-6(3-14)5(1-9(16)17)7(4-15-8)10(12)13/h4,10H,1-2H2,(H,16,17). The Morgan fingerprint density at radius 3 is 2.71 bits per heavy atom. The molecule has 1 rings (SSSR count). The van der Waals surface area contributed by atoms with Crippen molar-refractivity contribution >= 4 is 17.6 Å². The van der Waals surface area contributed by atoms with E-state index in [0.717, 1.165) is 6.20 Å². The highest BCUT2D eigenvalue weighted by atomic mass is 35.5. The van der Waals surface area contributed by atoms with Crippen molar-refractivity contribution in [1.29, 1.82) is 5.26 Å². The van der Waals surface area contributed by atoms with E-state index in [0.29, 0.717) is 0 Å². The van der Waals surface area contributed by atoms with Crippen molar-refractivity contribution in [2.45, 2.75) is 18.7 Å². The van der Waals surface area contributed by atoms with E-state index in [-0.39, 0.29) is 22.7 Å². The molecule has 0 saturated carbocycles. The van der Waals surface area contributed by atoms with Crippen LogP contribution in [0.2, 0.25) is 0 Å². The van der Waals surface area contributed by atoms with Crippen LogP contribution >= 0.6 is 11.6 Å². The van der Waals surface area contributed by atoms with Gasteiger partial charge in [-0.2, -0.15) is 5.26 Å². The Hall–Kier alpha value is -1.74. The molecule has 0 aliphatic carbocycles. The summed E-state index contributed by atoms with van der Waals surface area (Å²) in [7, 11) is 0. The first-order valence-corrected chi connectivity index (χ1v) is 5.01.